The van der Waals surface area contributed by atoms with Crippen molar-refractivity contribution in [3.63, 3.8) is 0 Å². The van der Waals surface area contributed by atoms with Crippen LogP contribution in [0.4, 0.5) is 0 Å². The number of fused-ring (bicyclic) bond motifs is 1. The molecule has 0 saturated heterocycles. The van der Waals surface area contributed by atoms with Crippen LogP contribution in [0.1, 0.15) is 15.9 Å². The molecule has 1 amide bonds. The minimum Gasteiger partial charge on any atom is -0.354 e. The average molecular weight is 421 g/mol. The second kappa shape index (κ2) is 8.76. The zero-order chi connectivity index (χ0) is 20.2. The first-order chi connectivity index (χ1) is 14.1. The van der Waals surface area contributed by atoms with Gasteiger partial charge in [-0.15, -0.1) is 11.8 Å². The lowest BCUT2D eigenvalue weighted by molar-refractivity contribution is 0.0955. The molecule has 3 nitrogen and oxygen atoms in total. The van der Waals surface area contributed by atoms with Gasteiger partial charge >= 0.3 is 0 Å². The van der Waals surface area contributed by atoms with Crippen molar-refractivity contribution in [2.24, 2.45) is 0 Å². The number of H-pyrrole nitrogens is 1. The molecule has 0 saturated carbocycles. The van der Waals surface area contributed by atoms with E-state index in [-0.39, 0.29) is 5.91 Å². The van der Waals surface area contributed by atoms with E-state index in [9.17, 15) is 4.79 Å². The van der Waals surface area contributed by atoms with Crippen molar-refractivity contribution >= 4 is 40.2 Å². The first-order valence-electron chi connectivity index (χ1n) is 9.47. The molecule has 3 aromatic carbocycles. The Bertz CT molecular complexity index is 1150. The van der Waals surface area contributed by atoms with Crippen molar-refractivity contribution in [1.82, 2.24) is 10.3 Å². The van der Waals surface area contributed by atoms with Gasteiger partial charge in [-0.25, -0.2) is 0 Å². The smallest absolute Gasteiger partial charge is 0.251 e. The van der Waals surface area contributed by atoms with E-state index in [1.54, 1.807) is 11.8 Å². The number of thioether (sulfide) groups is 1. The Morgan fingerprint density at radius 3 is 2.52 bits per heavy atom. The summed E-state index contributed by atoms with van der Waals surface area (Å²) in [4.78, 5) is 17.1. The van der Waals surface area contributed by atoms with Gasteiger partial charge < -0.3 is 10.3 Å². The molecule has 0 radical (unpaired) electrons. The van der Waals surface area contributed by atoms with Crippen LogP contribution in [0, 0.1) is 6.92 Å². The largest absolute Gasteiger partial charge is 0.354 e. The Kier molecular flexibility index (Phi) is 5.93. The minimum atomic E-state index is -0.0273. The number of aromatic nitrogens is 1. The molecule has 1 aromatic heterocycles. The van der Waals surface area contributed by atoms with Crippen LogP contribution in [-0.4, -0.2) is 23.2 Å². The molecule has 1 heterocycles. The van der Waals surface area contributed by atoms with E-state index < -0.39 is 0 Å². The highest BCUT2D eigenvalue weighted by molar-refractivity contribution is 7.99. The van der Waals surface area contributed by atoms with Gasteiger partial charge in [0.15, 0.2) is 0 Å². The number of amides is 1. The van der Waals surface area contributed by atoms with Crippen LogP contribution >= 0.6 is 23.4 Å². The van der Waals surface area contributed by atoms with Gasteiger partial charge in [0.1, 0.15) is 0 Å². The maximum atomic E-state index is 12.4. The number of benzene rings is 3. The summed E-state index contributed by atoms with van der Waals surface area (Å²) in [6, 6.07) is 23.8. The summed E-state index contributed by atoms with van der Waals surface area (Å²) in [6.45, 7) is 2.55. The van der Waals surface area contributed by atoms with Gasteiger partial charge in [0.25, 0.3) is 5.91 Å². The number of rotatable bonds is 6. The van der Waals surface area contributed by atoms with E-state index in [1.165, 1.54) is 10.3 Å². The van der Waals surface area contributed by atoms with Crippen LogP contribution < -0.4 is 5.32 Å². The molecule has 0 aliphatic rings. The predicted octanol–water partition coefficient (Wildman–Crippen LogP) is 6.32. The molecule has 2 N–H and O–H groups in total. The molecule has 0 fully saturated rings. The summed E-state index contributed by atoms with van der Waals surface area (Å²) in [5.41, 5.74) is 4.99. The number of hydrogen-bond donors (Lipinski definition) is 2. The van der Waals surface area contributed by atoms with Crippen LogP contribution in [0.5, 0.6) is 0 Å². The maximum Gasteiger partial charge on any atom is 0.251 e. The number of carbonyl (C=O) groups is 1. The summed E-state index contributed by atoms with van der Waals surface area (Å²) in [5, 5.41) is 4.94. The molecular weight excluding hydrogens is 400 g/mol. The Morgan fingerprint density at radius 2 is 1.72 bits per heavy atom. The standard InChI is InChI=1S/C24H21ClN2OS/c1-16-6-2-3-7-19(16)24(28)26-14-15-29-23-20-8-4-5-9-21(20)27-22(23)17-10-12-18(25)13-11-17/h2-13,27H,14-15H2,1H3,(H,26,28). The Balaban J connectivity index is 1.50. The van der Waals surface area contributed by atoms with Gasteiger partial charge in [-0.2, -0.15) is 0 Å². The van der Waals surface area contributed by atoms with Crippen LogP contribution in [0.25, 0.3) is 22.2 Å². The third-order valence-electron chi connectivity index (χ3n) is 4.82. The molecule has 0 aliphatic heterocycles. The quantitative estimate of drug-likeness (QED) is 0.283. The molecule has 0 aliphatic carbocycles. The van der Waals surface area contributed by atoms with E-state index in [2.05, 4.69) is 22.4 Å². The van der Waals surface area contributed by atoms with E-state index in [0.29, 0.717) is 6.54 Å². The summed E-state index contributed by atoms with van der Waals surface area (Å²) in [5.74, 6) is 0.751. The zero-order valence-corrected chi connectivity index (χ0v) is 17.6. The number of carbonyl (C=O) groups excluding carboxylic acids is 1. The SMILES string of the molecule is Cc1ccccc1C(=O)NCCSc1c(-c2ccc(Cl)cc2)[nH]c2ccccc12. The molecule has 29 heavy (non-hydrogen) atoms. The fourth-order valence-electron chi connectivity index (χ4n) is 3.33. The molecule has 0 spiro atoms. The lowest BCUT2D eigenvalue weighted by Gasteiger charge is -2.08. The molecule has 0 bridgehead atoms. The Hall–Kier alpha value is -2.69. The summed E-state index contributed by atoms with van der Waals surface area (Å²) < 4.78 is 0. The fraction of sp³-hybridized carbons (Fsp3) is 0.125. The van der Waals surface area contributed by atoms with E-state index in [0.717, 1.165) is 38.7 Å². The predicted molar refractivity (Wildman–Crippen MR) is 123 cm³/mol. The first kappa shape index (κ1) is 19.6. The molecule has 4 rings (SSSR count). The number of hydrogen-bond acceptors (Lipinski definition) is 2. The average Bonchev–Trinajstić information content (AvgIpc) is 3.10. The van der Waals surface area contributed by atoms with Gasteiger partial charge in [-0.1, -0.05) is 60.1 Å². The highest BCUT2D eigenvalue weighted by Crippen LogP contribution is 2.37. The highest BCUT2D eigenvalue weighted by Gasteiger charge is 2.14. The molecule has 0 unspecified atom stereocenters. The van der Waals surface area contributed by atoms with Crippen molar-refractivity contribution in [3.8, 4) is 11.3 Å². The topological polar surface area (TPSA) is 44.9 Å². The third-order valence-corrected chi connectivity index (χ3v) is 6.19. The summed E-state index contributed by atoms with van der Waals surface area (Å²) >= 11 is 7.80. The van der Waals surface area contributed by atoms with Crippen molar-refractivity contribution < 1.29 is 4.79 Å². The third kappa shape index (κ3) is 4.34. The van der Waals surface area contributed by atoms with Crippen LogP contribution in [-0.2, 0) is 0 Å². The Labute approximate surface area is 179 Å². The van der Waals surface area contributed by atoms with Gasteiger partial charge in [0, 0.05) is 38.7 Å². The maximum absolute atomic E-state index is 12.4. The summed E-state index contributed by atoms with van der Waals surface area (Å²) in [7, 11) is 0. The zero-order valence-electron chi connectivity index (χ0n) is 16.0. The Morgan fingerprint density at radius 1 is 1.00 bits per heavy atom. The van der Waals surface area contributed by atoms with Crippen molar-refractivity contribution in [2.45, 2.75) is 11.8 Å². The normalized spacial score (nSPS) is 11.0. The first-order valence-corrected chi connectivity index (χ1v) is 10.8. The monoisotopic (exact) mass is 420 g/mol. The van der Waals surface area contributed by atoms with Crippen LogP contribution in [0.2, 0.25) is 5.02 Å². The number of aromatic amines is 1. The van der Waals surface area contributed by atoms with E-state index in [4.69, 9.17) is 11.6 Å². The number of nitrogens with one attached hydrogen (secondary N) is 2. The minimum absolute atomic E-state index is 0.0273. The van der Waals surface area contributed by atoms with Gasteiger partial charge in [-0.05, 0) is 42.3 Å². The van der Waals surface area contributed by atoms with Gasteiger partial charge in [-0.3, -0.25) is 4.79 Å². The molecule has 0 atom stereocenters. The number of para-hydroxylation sites is 1. The van der Waals surface area contributed by atoms with E-state index >= 15 is 0 Å². The highest BCUT2D eigenvalue weighted by atomic mass is 35.5. The second-order valence-electron chi connectivity index (χ2n) is 6.80. The fourth-order valence-corrected chi connectivity index (χ4v) is 4.51. The summed E-state index contributed by atoms with van der Waals surface area (Å²) in [6.07, 6.45) is 0. The molecule has 146 valence electrons. The lowest BCUT2D eigenvalue weighted by atomic mass is 10.1. The van der Waals surface area contributed by atoms with Gasteiger partial charge in [0.2, 0.25) is 0 Å². The van der Waals surface area contributed by atoms with Crippen molar-refractivity contribution in [3.05, 3.63) is 88.9 Å². The second-order valence-corrected chi connectivity index (χ2v) is 8.34. The van der Waals surface area contributed by atoms with Gasteiger partial charge in [0.05, 0.1) is 5.69 Å². The molecular formula is C24H21ClN2OS. The van der Waals surface area contributed by atoms with Crippen LogP contribution in [0.3, 0.4) is 0 Å². The molecule has 5 heteroatoms. The van der Waals surface area contributed by atoms with Crippen LogP contribution in [0.15, 0.2) is 77.7 Å². The lowest BCUT2D eigenvalue weighted by Crippen LogP contribution is -2.26. The van der Waals surface area contributed by atoms with Crippen molar-refractivity contribution in [2.75, 3.05) is 12.3 Å². The van der Waals surface area contributed by atoms with Crippen molar-refractivity contribution in [1.29, 1.82) is 0 Å². The molecule has 4 aromatic rings. The number of halogens is 1. The van der Waals surface area contributed by atoms with E-state index in [1.807, 2.05) is 67.6 Å². The number of aryl methyl sites for hydroxylation is 1.